The fourth-order valence-corrected chi connectivity index (χ4v) is 0.634. The van der Waals surface area contributed by atoms with Crippen LogP contribution < -0.4 is 10.6 Å². The van der Waals surface area contributed by atoms with Crippen LogP contribution in [0.2, 0.25) is 0 Å². The second kappa shape index (κ2) is 3.59. The molecule has 1 aromatic rings. The van der Waals surface area contributed by atoms with E-state index in [0.717, 1.165) is 0 Å². The van der Waals surface area contributed by atoms with Gasteiger partial charge in [-0.25, -0.2) is 4.79 Å². The van der Waals surface area contributed by atoms with Crippen LogP contribution in [0, 0.1) is 0 Å². The number of phenols is 1. The highest BCUT2D eigenvalue weighted by molar-refractivity contribution is 5.63. The number of carbonyl (C=O) groups excluding carboxylic acids is 1. The van der Waals surface area contributed by atoms with Crippen LogP contribution >= 0.6 is 0 Å². The Kier molecular flexibility index (Phi) is 2.49. The molecule has 64 valence electrons. The lowest BCUT2D eigenvalue weighted by atomic mass is 10.3. The van der Waals surface area contributed by atoms with Gasteiger partial charge in [-0.05, 0) is 24.3 Å². The van der Waals surface area contributed by atoms with E-state index in [1.165, 1.54) is 24.3 Å². The Hall–Kier alpha value is -1.75. The van der Waals surface area contributed by atoms with E-state index in [1.54, 1.807) is 0 Å². The molecule has 0 unspecified atom stereocenters. The van der Waals surface area contributed by atoms with Crippen LogP contribution in [0.1, 0.15) is 0 Å². The first-order valence-electron chi connectivity index (χ1n) is 3.10. The van der Waals surface area contributed by atoms with E-state index in [-0.39, 0.29) is 11.5 Å². The van der Waals surface area contributed by atoms with Gasteiger partial charge in [0.1, 0.15) is 11.5 Å². The summed E-state index contributed by atoms with van der Waals surface area (Å²) in [4.78, 5) is 14.2. The second-order valence-electron chi connectivity index (χ2n) is 1.96. The molecule has 0 aromatic heterocycles. The number of ether oxygens (including phenoxy) is 1. The van der Waals surface area contributed by atoms with Crippen LogP contribution in [0.5, 0.6) is 11.5 Å². The third-order valence-corrected chi connectivity index (χ3v) is 1.13. The van der Waals surface area contributed by atoms with Crippen molar-refractivity contribution in [3.63, 3.8) is 0 Å². The van der Waals surface area contributed by atoms with Crippen LogP contribution in [0.25, 0.3) is 0 Å². The van der Waals surface area contributed by atoms with Gasteiger partial charge in [-0.2, -0.15) is 5.90 Å². The maximum Gasteiger partial charge on any atom is 0.533 e. The van der Waals surface area contributed by atoms with Crippen LogP contribution in [0.3, 0.4) is 0 Å². The highest BCUT2D eigenvalue weighted by Crippen LogP contribution is 2.15. The maximum absolute atomic E-state index is 10.4. The van der Waals surface area contributed by atoms with Gasteiger partial charge in [0.2, 0.25) is 0 Å². The Bertz CT molecular complexity index is 269. The minimum absolute atomic E-state index is 0.0865. The number of rotatable bonds is 1. The average molecular weight is 169 g/mol. The number of aromatic hydroxyl groups is 1. The van der Waals surface area contributed by atoms with Gasteiger partial charge in [0.25, 0.3) is 0 Å². The number of hydrogen-bond donors (Lipinski definition) is 2. The van der Waals surface area contributed by atoms with E-state index in [2.05, 4.69) is 15.5 Å². The topological polar surface area (TPSA) is 81.8 Å². The monoisotopic (exact) mass is 169 g/mol. The van der Waals surface area contributed by atoms with Crippen molar-refractivity contribution in [3.05, 3.63) is 24.3 Å². The lowest BCUT2D eigenvalue weighted by Crippen LogP contribution is -2.14. The zero-order chi connectivity index (χ0) is 8.97. The predicted molar refractivity (Wildman–Crippen MR) is 39.4 cm³/mol. The summed E-state index contributed by atoms with van der Waals surface area (Å²) in [5.41, 5.74) is 0. The van der Waals surface area contributed by atoms with E-state index < -0.39 is 6.16 Å². The van der Waals surface area contributed by atoms with E-state index >= 15 is 0 Å². The third kappa shape index (κ3) is 2.14. The Morgan fingerprint density at radius 3 is 2.42 bits per heavy atom. The molecule has 0 bridgehead atoms. The first kappa shape index (κ1) is 8.35. The quantitative estimate of drug-likeness (QED) is 0.369. The van der Waals surface area contributed by atoms with Gasteiger partial charge in [-0.1, -0.05) is 0 Å². The van der Waals surface area contributed by atoms with E-state index in [0.29, 0.717) is 0 Å². The number of nitrogens with two attached hydrogens (primary N) is 1. The summed E-state index contributed by atoms with van der Waals surface area (Å²) in [5.74, 6) is 4.87. The molecule has 0 aliphatic carbocycles. The minimum atomic E-state index is -0.999. The molecule has 0 radical (unpaired) electrons. The number of carbonyl (C=O) groups is 1. The molecule has 12 heavy (non-hydrogen) atoms. The van der Waals surface area contributed by atoms with Gasteiger partial charge in [-0.15, -0.1) is 0 Å². The van der Waals surface area contributed by atoms with Gasteiger partial charge >= 0.3 is 6.16 Å². The van der Waals surface area contributed by atoms with Gasteiger partial charge in [0.15, 0.2) is 0 Å². The van der Waals surface area contributed by atoms with Crippen molar-refractivity contribution in [1.29, 1.82) is 0 Å². The number of hydrogen-bond acceptors (Lipinski definition) is 5. The van der Waals surface area contributed by atoms with Crippen LogP contribution in [0.15, 0.2) is 24.3 Å². The fraction of sp³-hybridized carbons (Fsp3) is 0. The van der Waals surface area contributed by atoms with Crippen molar-refractivity contribution in [2.45, 2.75) is 0 Å². The lowest BCUT2D eigenvalue weighted by Gasteiger charge is -2.00. The van der Waals surface area contributed by atoms with Crippen molar-refractivity contribution >= 4 is 6.16 Å². The standard InChI is InChI=1S/C7H7NO4/c8-12-7(10)11-6-3-1-5(9)2-4-6/h1-4,9H,8H2. The highest BCUT2D eigenvalue weighted by atomic mass is 16.8. The van der Waals surface area contributed by atoms with E-state index in [1.807, 2.05) is 0 Å². The molecule has 0 spiro atoms. The van der Waals surface area contributed by atoms with Crippen molar-refractivity contribution in [2.75, 3.05) is 0 Å². The zero-order valence-electron chi connectivity index (χ0n) is 6.06. The molecule has 0 atom stereocenters. The normalized spacial score (nSPS) is 9.08. The van der Waals surface area contributed by atoms with Gasteiger partial charge in [0, 0.05) is 0 Å². The van der Waals surface area contributed by atoms with Gasteiger partial charge in [0.05, 0.1) is 0 Å². The number of benzene rings is 1. The molecular formula is C7H7NO4. The van der Waals surface area contributed by atoms with Crippen LogP contribution in [-0.4, -0.2) is 11.3 Å². The summed E-state index contributed by atoms with van der Waals surface area (Å²) in [6.07, 6.45) is -0.999. The Morgan fingerprint density at radius 2 is 1.92 bits per heavy atom. The summed E-state index contributed by atoms with van der Waals surface area (Å²) in [6.45, 7) is 0. The SMILES string of the molecule is NOC(=O)Oc1ccc(O)cc1. The fourth-order valence-electron chi connectivity index (χ4n) is 0.634. The summed E-state index contributed by atoms with van der Waals surface area (Å²) in [5, 5.41) is 8.85. The molecule has 0 fully saturated rings. The van der Waals surface area contributed by atoms with E-state index in [4.69, 9.17) is 5.11 Å². The first-order chi connectivity index (χ1) is 5.72. The van der Waals surface area contributed by atoms with Crippen molar-refractivity contribution < 1.29 is 19.5 Å². The molecule has 0 aliphatic rings. The molecule has 1 rings (SSSR count). The molecule has 0 saturated carbocycles. The second-order valence-corrected chi connectivity index (χ2v) is 1.96. The summed E-state index contributed by atoms with van der Waals surface area (Å²) < 4.78 is 4.52. The zero-order valence-corrected chi connectivity index (χ0v) is 6.06. The van der Waals surface area contributed by atoms with Crippen molar-refractivity contribution in [2.24, 2.45) is 5.90 Å². The first-order valence-corrected chi connectivity index (χ1v) is 3.10. The molecule has 1 aromatic carbocycles. The summed E-state index contributed by atoms with van der Waals surface area (Å²) in [7, 11) is 0. The van der Waals surface area contributed by atoms with Crippen molar-refractivity contribution in [3.8, 4) is 11.5 Å². The molecule has 5 heteroatoms. The highest BCUT2D eigenvalue weighted by Gasteiger charge is 2.02. The van der Waals surface area contributed by atoms with E-state index in [9.17, 15) is 4.79 Å². The Labute approximate surface area is 68.3 Å². The Balaban J connectivity index is 2.64. The Morgan fingerprint density at radius 1 is 1.33 bits per heavy atom. The minimum Gasteiger partial charge on any atom is -0.508 e. The molecule has 0 saturated heterocycles. The van der Waals surface area contributed by atoms with Gasteiger partial charge in [-0.3, -0.25) is 0 Å². The molecule has 0 amide bonds. The lowest BCUT2D eigenvalue weighted by molar-refractivity contribution is 0.0996. The average Bonchev–Trinajstić information content (AvgIpc) is 2.09. The predicted octanol–water partition coefficient (Wildman–Crippen LogP) is 0.781. The smallest absolute Gasteiger partial charge is 0.508 e. The molecule has 0 aliphatic heterocycles. The molecular weight excluding hydrogens is 162 g/mol. The number of phenolic OH excluding ortho intramolecular Hbond substituents is 1. The van der Waals surface area contributed by atoms with Crippen molar-refractivity contribution in [1.82, 2.24) is 0 Å². The molecule has 0 heterocycles. The van der Waals surface area contributed by atoms with Crippen LogP contribution in [-0.2, 0) is 4.84 Å². The van der Waals surface area contributed by atoms with Crippen LogP contribution in [0.4, 0.5) is 4.79 Å². The van der Waals surface area contributed by atoms with Gasteiger partial charge < -0.3 is 14.7 Å². The molecule has 3 N–H and O–H groups in total. The molecule has 5 nitrogen and oxygen atoms in total. The summed E-state index contributed by atoms with van der Waals surface area (Å²) in [6, 6.07) is 5.57. The largest absolute Gasteiger partial charge is 0.533 e. The summed E-state index contributed by atoms with van der Waals surface area (Å²) >= 11 is 0. The third-order valence-electron chi connectivity index (χ3n) is 1.13. The maximum atomic E-state index is 10.4.